The third-order valence-electron chi connectivity index (χ3n) is 3.77. The zero-order chi connectivity index (χ0) is 16.5. The average Bonchev–Trinajstić information content (AvgIpc) is 3.24. The first-order valence-electron chi connectivity index (χ1n) is 7.47. The van der Waals surface area contributed by atoms with Crippen LogP contribution in [0.2, 0.25) is 0 Å². The topological polar surface area (TPSA) is 44.8 Å². The molecule has 1 aromatic heterocycles. The molecule has 3 aromatic rings. The first kappa shape index (κ1) is 14.8. The summed E-state index contributed by atoms with van der Waals surface area (Å²) in [5.74, 6) is 1.31. The van der Waals surface area contributed by atoms with Gasteiger partial charge >= 0.3 is 5.97 Å². The Morgan fingerprint density at radius 1 is 1.04 bits per heavy atom. The number of esters is 1. The molecule has 4 rings (SSSR count). The van der Waals surface area contributed by atoms with E-state index in [1.807, 2.05) is 42.6 Å². The summed E-state index contributed by atoms with van der Waals surface area (Å²) in [6.45, 7) is 2.22. The number of carbonyl (C=O) groups excluding carboxylic acids is 1. The van der Waals surface area contributed by atoms with Crippen LogP contribution >= 0.6 is 11.3 Å². The largest absolute Gasteiger partial charge is 0.454 e. The lowest BCUT2D eigenvalue weighted by Gasteiger charge is -2.06. The molecule has 0 bridgehead atoms. The van der Waals surface area contributed by atoms with Crippen molar-refractivity contribution in [2.45, 2.75) is 6.92 Å². The fourth-order valence-electron chi connectivity index (χ4n) is 2.52. The maximum Gasteiger partial charge on any atom is 0.354 e. The molecule has 1 aliphatic rings. The summed E-state index contributed by atoms with van der Waals surface area (Å²) in [5, 5.41) is 1.89. The summed E-state index contributed by atoms with van der Waals surface area (Å²) in [7, 11) is 0. The maximum absolute atomic E-state index is 12.6. The van der Waals surface area contributed by atoms with Crippen LogP contribution in [-0.2, 0) is 0 Å². The van der Waals surface area contributed by atoms with Crippen molar-refractivity contribution in [3.8, 4) is 28.4 Å². The Morgan fingerprint density at radius 3 is 2.67 bits per heavy atom. The fourth-order valence-corrected chi connectivity index (χ4v) is 3.31. The number of aryl methyl sites for hydroxylation is 1. The van der Waals surface area contributed by atoms with Gasteiger partial charge in [-0.1, -0.05) is 29.8 Å². The highest BCUT2D eigenvalue weighted by Gasteiger charge is 2.19. The molecule has 0 radical (unpaired) electrons. The second kappa shape index (κ2) is 6.02. The molecule has 0 saturated carbocycles. The Kier molecular flexibility index (Phi) is 3.70. The molecule has 0 amide bonds. The van der Waals surface area contributed by atoms with Crippen molar-refractivity contribution < 1.29 is 19.0 Å². The van der Waals surface area contributed by atoms with Crippen molar-refractivity contribution in [3.05, 3.63) is 64.4 Å². The molecule has 0 spiro atoms. The van der Waals surface area contributed by atoms with Gasteiger partial charge in [-0.2, -0.15) is 0 Å². The average molecular weight is 338 g/mol. The smallest absolute Gasteiger partial charge is 0.354 e. The number of thiophene rings is 1. The number of hydrogen-bond donors (Lipinski definition) is 0. The van der Waals surface area contributed by atoms with E-state index in [0.29, 0.717) is 22.1 Å². The van der Waals surface area contributed by atoms with E-state index in [-0.39, 0.29) is 12.8 Å². The SMILES string of the molecule is Cc1ccc(-c2ccsc2C(=O)Oc2ccc3c(c2)OCO3)cc1. The fraction of sp³-hybridized carbons (Fsp3) is 0.105. The van der Waals surface area contributed by atoms with Gasteiger partial charge < -0.3 is 14.2 Å². The van der Waals surface area contributed by atoms with E-state index in [0.717, 1.165) is 11.1 Å². The van der Waals surface area contributed by atoms with Crippen LogP contribution in [-0.4, -0.2) is 12.8 Å². The minimum Gasteiger partial charge on any atom is -0.454 e. The van der Waals surface area contributed by atoms with E-state index in [2.05, 4.69) is 0 Å². The van der Waals surface area contributed by atoms with E-state index in [4.69, 9.17) is 14.2 Å². The second-order valence-electron chi connectivity index (χ2n) is 5.43. The first-order valence-corrected chi connectivity index (χ1v) is 8.35. The van der Waals surface area contributed by atoms with E-state index >= 15 is 0 Å². The molecule has 120 valence electrons. The van der Waals surface area contributed by atoms with Crippen LogP contribution in [0.3, 0.4) is 0 Å². The second-order valence-corrected chi connectivity index (χ2v) is 6.35. The number of benzene rings is 2. The number of hydrogen-bond acceptors (Lipinski definition) is 5. The number of fused-ring (bicyclic) bond motifs is 1. The van der Waals surface area contributed by atoms with Gasteiger partial charge in [0.25, 0.3) is 0 Å². The summed E-state index contributed by atoms with van der Waals surface area (Å²) in [6, 6.07) is 15.1. The molecule has 0 saturated heterocycles. The van der Waals surface area contributed by atoms with Crippen molar-refractivity contribution in [3.63, 3.8) is 0 Å². The zero-order valence-corrected chi connectivity index (χ0v) is 13.8. The molecule has 0 fully saturated rings. The number of ether oxygens (including phenoxy) is 3. The summed E-state index contributed by atoms with van der Waals surface area (Å²) in [5.41, 5.74) is 3.06. The van der Waals surface area contributed by atoms with Crippen LogP contribution in [0.1, 0.15) is 15.2 Å². The lowest BCUT2D eigenvalue weighted by atomic mass is 10.1. The highest BCUT2D eigenvalue weighted by Crippen LogP contribution is 2.36. The molecular formula is C19H14O4S. The molecule has 24 heavy (non-hydrogen) atoms. The van der Waals surface area contributed by atoms with Crippen LogP contribution in [0.4, 0.5) is 0 Å². The van der Waals surface area contributed by atoms with Gasteiger partial charge in [-0.15, -0.1) is 11.3 Å². The molecule has 0 aliphatic carbocycles. The number of rotatable bonds is 3. The van der Waals surface area contributed by atoms with Crippen LogP contribution in [0, 0.1) is 6.92 Å². The lowest BCUT2D eigenvalue weighted by Crippen LogP contribution is -2.07. The van der Waals surface area contributed by atoms with Crippen molar-refractivity contribution in [1.29, 1.82) is 0 Å². The zero-order valence-electron chi connectivity index (χ0n) is 12.9. The van der Waals surface area contributed by atoms with Gasteiger partial charge in [-0.25, -0.2) is 4.79 Å². The van der Waals surface area contributed by atoms with Crippen LogP contribution in [0.5, 0.6) is 17.2 Å². The Hall–Kier alpha value is -2.79. The molecule has 2 aromatic carbocycles. The minimum atomic E-state index is -0.376. The first-order chi connectivity index (χ1) is 11.7. The lowest BCUT2D eigenvalue weighted by molar-refractivity contribution is 0.0740. The predicted molar refractivity (Wildman–Crippen MR) is 92.0 cm³/mol. The van der Waals surface area contributed by atoms with E-state index in [9.17, 15) is 4.79 Å². The quantitative estimate of drug-likeness (QED) is 0.514. The van der Waals surface area contributed by atoms with Crippen molar-refractivity contribution in [2.24, 2.45) is 0 Å². The van der Waals surface area contributed by atoms with Gasteiger partial charge in [-0.3, -0.25) is 0 Å². The van der Waals surface area contributed by atoms with Crippen molar-refractivity contribution in [1.82, 2.24) is 0 Å². The Balaban J connectivity index is 1.59. The molecule has 2 heterocycles. The van der Waals surface area contributed by atoms with Gasteiger partial charge in [0.05, 0.1) is 0 Å². The molecule has 5 heteroatoms. The van der Waals surface area contributed by atoms with Gasteiger partial charge in [0.2, 0.25) is 6.79 Å². The monoisotopic (exact) mass is 338 g/mol. The van der Waals surface area contributed by atoms with E-state index in [1.54, 1.807) is 18.2 Å². The highest BCUT2D eigenvalue weighted by atomic mass is 32.1. The van der Waals surface area contributed by atoms with Gasteiger partial charge in [0.1, 0.15) is 10.6 Å². The molecule has 0 atom stereocenters. The summed E-state index contributed by atoms with van der Waals surface area (Å²) < 4.78 is 16.1. The van der Waals surface area contributed by atoms with Gasteiger partial charge in [0, 0.05) is 11.6 Å². The van der Waals surface area contributed by atoms with Crippen LogP contribution < -0.4 is 14.2 Å². The summed E-state index contributed by atoms with van der Waals surface area (Å²) >= 11 is 1.37. The number of carbonyl (C=O) groups is 1. The summed E-state index contributed by atoms with van der Waals surface area (Å²) in [4.78, 5) is 13.1. The van der Waals surface area contributed by atoms with Crippen LogP contribution in [0.25, 0.3) is 11.1 Å². The molecule has 1 aliphatic heterocycles. The third kappa shape index (κ3) is 2.74. The predicted octanol–water partition coefficient (Wildman–Crippen LogP) is 4.67. The Morgan fingerprint density at radius 2 is 1.83 bits per heavy atom. The molecule has 0 N–H and O–H groups in total. The highest BCUT2D eigenvalue weighted by molar-refractivity contribution is 7.12. The Bertz CT molecular complexity index is 896. The minimum absolute atomic E-state index is 0.190. The normalized spacial score (nSPS) is 12.2. The summed E-state index contributed by atoms with van der Waals surface area (Å²) in [6.07, 6.45) is 0. The van der Waals surface area contributed by atoms with Crippen LogP contribution in [0.15, 0.2) is 53.9 Å². The third-order valence-corrected chi connectivity index (χ3v) is 4.66. The maximum atomic E-state index is 12.6. The van der Waals surface area contributed by atoms with Crippen molar-refractivity contribution >= 4 is 17.3 Å². The van der Waals surface area contributed by atoms with Gasteiger partial charge in [-0.05, 0) is 36.1 Å². The van der Waals surface area contributed by atoms with Crippen molar-refractivity contribution in [2.75, 3.05) is 6.79 Å². The van der Waals surface area contributed by atoms with Gasteiger partial charge in [0.15, 0.2) is 11.5 Å². The standard InChI is InChI=1S/C19H14O4S/c1-12-2-4-13(5-3-12)15-8-9-24-18(15)19(20)23-14-6-7-16-17(10-14)22-11-21-16/h2-10H,11H2,1H3. The van der Waals surface area contributed by atoms with E-state index in [1.165, 1.54) is 16.9 Å². The molecular weight excluding hydrogens is 324 g/mol. The van der Waals surface area contributed by atoms with E-state index < -0.39 is 0 Å². The molecule has 0 unspecified atom stereocenters. The Labute approximate surface area is 143 Å². The molecule has 4 nitrogen and oxygen atoms in total.